The first-order chi connectivity index (χ1) is 15.4. The van der Waals surface area contributed by atoms with Crippen LogP contribution in [0, 0.1) is 0 Å². The van der Waals surface area contributed by atoms with Crippen molar-refractivity contribution in [2.24, 2.45) is 0 Å². The quantitative estimate of drug-likeness (QED) is 0.383. The van der Waals surface area contributed by atoms with E-state index in [4.69, 9.17) is 23.2 Å². The highest BCUT2D eigenvalue weighted by molar-refractivity contribution is 7.89. The smallest absolute Gasteiger partial charge is 0.243 e. The van der Waals surface area contributed by atoms with Crippen molar-refractivity contribution < 1.29 is 8.42 Å². The molecule has 0 N–H and O–H groups in total. The van der Waals surface area contributed by atoms with Crippen LogP contribution in [0.25, 0.3) is 21.3 Å². The third-order valence-electron chi connectivity index (χ3n) is 5.50. The minimum atomic E-state index is -3.66. The molecular formula is C22H18Cl2N4O2S2. The Labute approximate surface area is 200 Å². The molecule has 32 heavy (non-hydrogen) atoms. The average Bonchev–Trinajstić information content (AvgIpc) is 3.26. The molecule has 0 spiro atoms. The third-order valence-corrected chi connectivity index (χ3v) is 9.02. The Morgan fingerprint density at radius 2 is 1.66 bits per heavy atom. The standard InChI is InChI=1S/C22H18Cl2N4O2S2/c23-18-7-6-16(12-19(18)24)32(29,30)28-10-8-27(9-11-28)21-20-17(15-4-2-1-3-5-15)13-31-22(20)26-14-25-21/h1-7,12-14H,8-11H2. The highest BCUT2D eigenvalue weighted by Gasteiger charge is 2.30. The summed E-state index contributed by atoms with van der Waals surface area (Å²) < 4.78 is 27.7. The van der Waals surface area contributed by atoms with Gasteiger partial charge in [0, 0.05) is 37.1 Å². The Kier molecular flexibility index (Phi) is 5.81. The van der Waals surface area contributed by atoms with Crippen molar-refractivity contribution in [1.29, 1.82) is 0 Å². The minimum absolute atomic E-state index is 0.147. The molecule has 3 heterocycles. The SMILES string of the molecule is O=S(=O)(c1ccc(Cl)c(Cl)c1)N1CCN(c2ncnc3scc(-c4ccccc4)c23)CC1. The summed E-state index contributed by atoms with van der Waals surface area (Å²) in [6, 6.07) is 14.5. The van der Waals surface area contributed by atoms with Gasteiger partial charge in [-0.3, -0.25) is 0 Å². The van der Waals surface area contributed by atoms with E-state index >= 15 is 0 Å². The van der Waals surface area contributed by atoms with Gasteiger partial charge in [0.25, 0.3) is 0 Å². The van der Waals surface area contributed by atoms with Crippen molar-refractivity contribution in [3.8, 4) is 11.1 Å². The highest BCUT2D eigenvalue weighted by Crippen LogP contribution is 2.38. The fourth-order valence-corrected chi connectivity index (χ4v) is 6.58. The van der Waals surface area contributed by atoms with Crippen LogP contribution in [0.1, 0.15) is 0 Å². The summed E-state index contributed by atoms with van der Waals surface area (Å²) in [6.07, 6.45) is 1.57. The first-order valence-electron chi connectivity index (χ1n) is 9.93. The lowest BCUT2D eigenvalue weighted by Gasteiger charge is -2.35. The number of thiophene rings is 1. The molecule has 0 saturated carbocycles. The number of sulfonamides is 1. The summed E-state index contributed by atoms with van der Waals surface area (Å²) in [5, 5.41) is 3.65. The van der Waals surface area contributed by atoms with Gasteiger partial charge < -0.3 is 4.90 Å². The maximum atomic E-state index is 13.1. The van der Waals surface area contributed by atoms with Gasteiger partial charge in [-0.25, -0.2) is 18.4 Å². The summed E-state index contributed by atoms with van der Waals surface area (Å²) in [6.45, 7) is 1.74. The van der Waals surface area contributed by atoms with E-state index in [1.807, 2.05) is 18.2 Å². The predicted octanol–water partition coefficient (Wildman–Crippen LogP) is 5.18. The molecule has 1 saturated heterocycles. The number of halogens is 2. The lowest BCUT2D eigenvalue weighted by Crippen LogP contribution is -2.49. The van der Waals surface area contributed by atoms with Crippen LogP contribution in [-0.4, -0.2) is 48.9 Å². The van der Waals surface area contributed by atoms with Crippen molar-refractivity contribution in [3.63, 3.8) is 0 Å². The van der Waals surface area contributed by atoms with Gasteiger partial charge in [0.2, 0.25) is 10.0 Å². The number of piperazine rings is 1. The van der Waals surface area contributed by atoms with Crippen LogP contribution >= 0.6 is 34.5 Å². The van der Waals surface area contributed by atoms with Crippen molar-refractivity contribution in [3.05, 3.63) is 70.3 Å². The van der Waals surface area contributed by atoms with Gasteiger partial charge in [0.1, 0.15) is 17.0 Å². The summed E-state index contributed by atoms with van der Waals surface area (Å²) in [5.74, 6) is 0.835. The normalized spacial score (nSPS) is 15.4. The van der Waals surface area contributed by atoms with Crippen LogP contribution < -0.4 is 4.90 Å². The molecule has 6 nitrogen and oxygen atoms in total. The van der Waals surface area contributed by atoms with E-state index in [1.165, 1.54) is 22.5 Å². The van der Waals surface area contributed by atoms with E-state index in [0.29, 0.717) is 31.2 Å². The van der Waals surface area contributed by atoms with E-state index < -0.39 is 10.0 Å². The second-order valence-corrected chi connectivity index (χ2v) is 11.0. The van der Waals surface area contributed by atoms with Crippen LogP contribution in [-0.2, 0) is 10.0 Å². The summed E-state index contributed by atoms with van der Waals surface area (Å²) >= 11 is 13.6. The molecule has 0 amide bonds. The van der Waals surface area contributed by atoms with E-state index in [9.17, 15) is 8.42 Å². The van der Waals surface area contributed by atoms with Crippen LogP contribution in [0.4, 0.5) is 5.82 Å². The number of nitrogens with zero attached hydrogens (tertiary/aromatic N) is 4. The maximum Gasteiger partial charge on any atom is 0.243 e. The third kappa shape index (κ3) is 3.86. The van der Waals surface area contributed by atoms with Gasteiger partial charge in [0.05, 0.1) is 20.3 Å². The van der Waals surface area contributed by atoms with Crippen LogP contribution in [0.5, 0.6) is 0 Å². The van der Waals surface area contributed by atoms with Gasteiger partial charge in [-0.05, 0) is 23.8 Å². The fraction of sp³-hybridized carbons (Fsp3) is 0.182. The van der Waals surface area contributed by atoms with E-state index in [2.05, 4.69) is 32.4 Å². The topological polar surface area (TPSA) is 66.4 Å². The lowest BCUT2D eigenvalue weighted by molar-refractivity contribution is 0.384. The maximum absolute atomic E-state index is 13.1. The summed E-state index contributed by atoms with van der Waals surface area (Å²) in [7, 11) is -3.66. The molecule has 10 heteroatoms. The first-order valence-corrected chi connectivity index (χ1v) is 13.0. The van der Waals surface area contributed by atoms with E-state index in [0.717, 1.165) is 27.2 Å². The zero-order valence-corrected chi connectivity index (χ0v) is 19.9. The van der Waals surface area contributed by atoms with E-state index in [1.54, 1.807) is 17.7 Å². The molecule has 0 aliphatic carbocycles. The van der Waals surface area contributed by atoms with Gasteiger partial charge in [-0.2, -0.15) is 4.31 Å². The van der Waals surface area contributed by atoms with Crippen molar-refractivity contribution in [2.75, 3.05) is 31.1 Å². The lowest BCUT2D eigenvalue weighted by atomic mass is 10.1. The van der Waals surface area contributed by atoms with Gasteiger partial charge in [-0.15, -0.1) is 11.3 Å². The summed E-state index contributed by atoms with van der Waals surface area (Å²) in [4.78, 5) is 12.2. The molecule has 0 bridgehead atoms. The molecule has 0 radical (unpaired) electrons. The highest BCUT2D eigenvalue weighted by atomic mass is 35.5. The minimum Gasteiger partial charge on any atom is -0.353 e. The Hall–Kier alpha value is -2.23. The number of hydrogen-bond acceptors (Lipinski definition) is 6. The Morgan fingerprint density at radius 3 is 2.38 bits per heavy atom. The molecular weight excluding hydrogens is 487 g/mol. The molecule has 2 aromatic heterocycles. The molecule has 1 aliphatic heterocycles. The number of fused-ring (bicyclic) bond motifs is 1. The number of hydrogen-bond donors (Lipinski definition) is 0. The summed E-state index contributed by atoms with van der Waals surface area (Å²) in [5.41, 5.74) is 2.20. The largest absolute Gasteiger partial charge is 0.353 e. The molecule has 2 aromatic carbocycles. The number of rotatable bonds is 4. The monoisotopic (exact) mass is 504 g/mol. The molecule has 1 aliphatic rings. The Bertz CT molecular complexity index is 1390. The first kappa shape index (κ1) is 21.6. The predicted molar refractivity (Wildman–Crippen MR) is 130 cm³/mol. The van der Waals surface area contributed by atoms with Crippen LogP contribution in [0.15, 0.2) is 65.1 Å². The second-order valence-electron chi connectivity index (χ2n) is 7.36. The zero-order valence-electron chi connectivity index (χ0n) is 16.8. The Morgan fingerprint density at radius 1 is 0.906 bits per heavy atom. The van der Waals surface area contributed by atoms with Gasteiger partial charge >= 0.3 is 0 Å². The van der Waals surface area contributed by atoms with Crippen LogP contribution in [0.2, 0.25) is 10.0 Å². The number of aromatic nitrogens is 2. The zero-order chi connectivity index (χ0) is 22.3. The van der Waals surface area contributed by atoms with Crippen molar-refractivity contribution >= 4 is 60.6 Å². The number of anilines is 1. The molecule has 4 aromatic rings. The molecule has 164 valence electrons. The molecule has 0 atom stereocenters. The average molecular weight is 505 g/mol. The Balaban J connectivity index is 1.42. The number of benzene rings is 2. The molecule has 5 rings (SSSR count). The van der Waals surface area contributed by atoms with Gasteiger partial charge in [0.15, 0.2) is 0 Å². The second kappa shape index (κ2) is 8.61. The molecule has 0 unspecified atom stereocenters. The van der Waals surface area contributed by atoms with E-state index in [-0.39, 0.29) is 9.92 Å². The van der Waals surface area contributed by atoms with Crippen molar-refractivity contribution in [2.45, 2.75) is 4.90 Å². The molecule has 1 fully saturated rings. The van der Waals surface area contributed by atoms with Gasteiger partial charge in [-0.1, -0.05) is 53.5 Å². The van der Waals surface area contributed by atoms with Crippen molar-refractivity contribution in [1.82, 2.24) is 14.3 Å². The fourth-order valence-electron chi connectivity index (χ4n) is 3.86. The van der Waals surface area contributed by atoms with Crippen LogP contribution in [0.3, 0.4) is 0 Å².